The van der Waals surface area contributed by atoms with Crippen LogP contribution in [0.15, 0.2) is 10.6 Å². The van der Waals surface area contributed by atoms with Crippen LogP contribution in [0, 0.1) is 18.8 Å². The fourth-order valence-corrected chi connectivity index (χ4v) is 2.85. The van der Waals surface area contributed by atoms with Gasteiger partial charge in [0.2, 0.25) is 11.8 Å². The molecule has 2 aliphatic rings. The smallest absolute Gasteiger partial charge is 0.238 e. The maximum atomic E-state index is 12.2. The molecule has 0 bridgehead atoms. The molecule has 0 unspecified atom stereocenters. The van der Waals surface area contributed by atoms with Crippen LogP contribution in [-0.4, -0.2) is 17.0 Å². The van der Waals surface area contributed by atoms with Crippen LogP contribution in [0.25, 0.3) is 0 Å². The van der Waals surface area contributed by atoms with Crippen molar-refractivity contribution < 1.29 is 14.1 Å². The molecule has 3 rings (SSSR count). The summed E-state index contributed by atoms with van der Waals surface area (Å²) >= 11 is 0. The third kappa shape index (κ3) is 1.49. The predicted octanol–water partition coefficient (Wildman–Crippen LogP) is 1.66. The van der Waals surface area contributed by atoms with E-state index in [1.54, 1.807) is 13.0 Å². The maximum absolute atomic E-state index is 12.2. The Kier molecular flexibility index (Phi) is 2.28. The van der Waals surface area contributed by atoms with Gasteiger partial charge in [-0.3, -0.25) is 9.59 Å². The minimum Gasteiger partial charge on any atom is -0.360 e. The minimum absolute atomic E-state index is 0.104. The van der Waals surface area contributed by atoms with Gasteiger partial charge < -0.3 is 4.52 Å². The summed E-state index contributed by atoms with van der Waals surface area (Å²) in [5.74, 6) is 0.477. The minimum atomic E-state index is -0.131. The second kappa shape index (κ2) is 3.68. The second-order valence-electron chi connectivity index (χ2n) is 4.81. The van der Waals surface area contributed by atoms with E-state index < -0.39 is 0 Å². The number of aryl methyl sites for hydroxylation is 1. The van der Waals surface area contributed by atoms with Crippen LogP contribution in [0.1, 0.15) is 31.4 Å². The van der Waals surface area contributed by atoms with Crippen LogP contribution in [0.3, 0.4) is 0 Å². The van der Waals surface area contributed by atoms with Crippen molar-refractivity contribution in [2.24, 2.45) is 11.8 Å². The zero-order chi connectivity index (χ0) is 12.0. The Morgan fingerprint density at radius 2 is 1.82 bits per heavy atom. The maximum Gasteiger partial charge on any atom is 0.238 e. The van der Waals surface area contributed by atoms with E-state index in [1.165, 1.54) is 4.90 Å². The number of hydrogen-bond donors (Lipinski definition) is 0. The van der Waals surface area contributed by atoms with Gasteiger partial charge in [0, 0.05) is 6.07 Å². The molecule has 90 valence electrons. The van der Waals surface area contributed by atoms with Gasteiger partial charge in [-0.05, 0) is 19.8 Å². The molecule has 1 aromatic heterocycles. The molecule has 1 saturated carbocycles. The van der Waals surface area contributed by atoms with Crippen molar-refractivity contribution >= 4 is 17.6 Å². The van der Waals surface area contributed by atoms with Gasteiger partial charge in [0.05, 0.1) is 11.8 Å². The van der Waals surface area contributed by atoms with Crippen molar-refractivity contribution in [1.29, 1.82) is 0 Å². The lowest BCUT2D eigenvalue weighted by Gasteiger charge is -2.19. The normalized spacial score (nSPS) is 28.6. The number of fused-ring (bicyclic) bond motifs is 1. The summed E-state index contributed by atoms with van der Waals surface area (Å²) in [6.45, 7) is 1.74. The molecule has 0 spiro atoms. The molecule has 1 saturated heterocycles. The summed E-state index contributed by atoms with van der Waals surface area (Å²) in [4.78, 5) is 25.6. The molecule has 5 heteroatoms. The Bertz CT molecular complexity index is 456. The lowest BCUT2D eigenvalue weighted by molar-refractivity contribution is -0.122. The number of imide groups is 1. The topological polar surface area (TPSA) is 63.4 Å². The first kappa shape index (κ1) is 10.5. The Morgan fingerprint density at radius 3 is 2.29 bits per heavy atom. The molecule has 5 nitrogen and oxygen atoms in total. The van der Waals surface area contributed by atoms with E-state index >= 15 is 0 Å². The molecule has 0 aromatic carbocycles. The molecule has 2 atom stereocenters. The standard InChI is InChI=1S/C12H14N2O3/c1-7-6-10(13-17-7)14-11(15)8-4-2-3-5-9(8)12(14)16/h6,8-9H,2-5H2,1H3/t8-,9-/m0/s1. The van der Waals surface area contributed by atoms with E-state index in [9.17, 15) is 9.59 Å². The van der Waals surface area contributed by atoms with Gasteiger partial charge in [-0.1, -0.05) is 18.0 Å². The summed E-state index contributed by atoms with van der Waals surface area (Å²) in [5.41, 5.74) is 0. The summed E-state index contributed by atoms with van der Waals surface area (Å²) < 4.78 is 4.93. The van der Waals surface area contributed by atoms with E-state index in [2.05, 4.69) is 5.16 Å². The van der Waals surface area contributed by atoms with Crippen molar-refractivity contribution in [3.8, 4) is 0 Å². The Labute approximate surface area is 98.8 Å². The van der Waals surface area contributed by atoms with Crippen molar-refractivity contribution in [3.05, 3.63) is 11.8 Å². The van der Waals surface area contributed by atoms with Gasteiger partial charge in [-0.25, -0.2) is 4.90 Å². The summed E-state index contributed by atoms with van der Waals surface area (Å²) in [6.07, 6.45) is 3.71. The Morgan fingerprint density at radius 1 is 1.24 bits per heavy atom. The summed E-state index contributed by atoms with van der Waals surface area (Å²) in [5, 5.41) is 3.77. The third-order valence-electron chi connectivity index (χ3n) is 3.69. The molecule has 1 aliphatic heterocycles. The van der Waals surface area contributed by atoms with Crippen molar-refractivity contribution in [2.75, 3.05) is 4.90 Å². The lowest BCUT2D eigenvalue weighted by atomic mass is 9.81. The predicted molar refractivity (Wildman–Crippen MR) is 59.2 cm³/mol. The largest absolute Gasteiger partial charge is 0.360 e. The second-order valence-corrected chi connectivity index (χ2v) is 4.81. The summed E-state index contributed by atoms with van der Waals surface area (Å²) in [6, 6.07) is 1.63. The van der Waals surface area contributed by atoms with Gasteiger partial charge in [0.1, 0.15) is 5.76 Å². The molecule has 2 fully saturated rings. The number of nitrogens with zero attached hydrogens (tertiary/aromatic N) is 2. The van der Waals surface area contributed by atoms with Crippen LogP contribution in [0.5, 0.6) is 0 Å². The third-order valence-corrected chi connectivity index (χ3v) is 3.69. The quantitative estimate of drug-likeness (QED) is 0.693. The molecule has 0 radical (unpaired) electrons. The highest BCUT2D eigenvalue weighted by atomic mass is 16.5. The highest BCUT2D eigenvalue weighted by Crippen LogP contribution is 2.39. The molecule has 1 aromatic rings. The van der Waals surface area contributed by atoms with Gasteiger partial charge in [-0.2, -0.15) is 0 Å². The van der Waals surface area contributed by atoms with E-state index in [4.69, 9.17) is 4.52 Å². The fraction of sp³-hybridized carbons (Fsp3) is 0.583. The van der Waals surface area contributed by atoms with E-state index in [1.807, 2.05) is 0 Å². The zero-order valence-corrected chi connectivity index (χ0v) is 9.68. The Hall–Kier alpha value is -1.65. The van der Waals surface area contributed by atoms with E-state index in [-0.39, 0.29) is 23.7 Å². The van der Waals surface area contributed by atoms with Crippen LogP contribution in [0.2, 0.25) is 0 Å². The zero-order valence-electron chi connectivity index (χ0n) is 9.68. The van der Waals surface area contributed by atoms with Crippen molar-refractivity contribution in [3.63, 3.8) is 0 Å². The SMILES string of the molecule is Cc1cc(N2C(=O)[C@H]3CCCC[C@@H]3C2=O)no1. The number of aromatic nitrogens is 1. The number of amides is 2. The van der Waals surface area contributed by atoms with Crippen molar-refractivity contribution in [2.45, 2.75) is 32.6 Å². The highest BCUT2D eigenvalue weighted by Gasteiger charge is 2.49. The number of rotatable bonds is 1. The van der Waals surface area contributed by atoms with Crippen LogP contribution < -0.4 is 4.90 Å². The molecule has 2 heterocycles. The van der Waals surface area contributed by atoms with Gasteiger partial charge in [-0.15, -0.1) is 0 Å². The molecule has 0 N–H and O–H groups in total. The first-order valence-electron chi connectivity index (χ1n) is 5.99. The number of anilines is 1. The fourth-order valence-electron chi connectivity index (χ4n) is 2.85. The number of hydrogen-bond acceptors (Lipinski definition) is 4. The van der Waals surface area contributed by atoms with Crippen molar-refractivity contribution in [1.82, 2.24) is 5.16 Å². The van der Waals surface area contributed by atoms with Gasteiger partial charge in [0.25, 0.3) is 0 Å². The van der Waals surface area contributed by atoms with Gasteiger partial charge >= 0.3 is 0 Å². The first-order valence-corrected chi connectivity index (χ1v) is 5.99. The van der Waals surface area contributed by atoms with E-state index in [0.717, 1.165) is 25.7 Å². The van der Waals surface area contributed by atoms with Crippen LogP contribution in [0.4, 0.5) is 5.82 Å². The molecule has 1 aliphatic carbocycles. The monoisotopic (exact) mass is 234 g/mol. The van der Waals surface area contributed by atoms with Gasteiger partial charge in [0.15, 0.2) is 5.82 Å². The molecular formula is C12H14N2O3. The molecule has 2 amide bonds. The molecular weight excluding hydrogens is 220 g/mol. The average molecular weight is 234 g/mol. The van der Waals surface area contributed by atoms with Crippen LogP contribution in [-0.2, 0) is 9.59 Å². The highest BCUT2D eigenvalue weighted by molar-refractivity contribution is 6.21. The number of carbonyl (C=O) groups excluding carboxylic acids is 2. The molecule has 17 heavy (non-hydrogen) atoms. The van der Waals surface area contributed by atoms with E-state index in [0.29, 0.717) is 11.6 Å². The number of carbonyl (C=O) groups is 2. The lowest BCUT2D eigenvalue weighted by Crippen LogP contribution is -2.31. The Balaban J connectivity index is 1.95. The average Bonchev–Trinajstić information content (AvgIpc) is 2.84. The summed E-state index contributed by atoms with van der Waals surface area (Å²) in [7, 11) is 0. The first-order chi connectivity index (χ1) is 8.18. The van der Waals surface area contributed by atoms with Crippen LogP contribution >= 0.6 is 0 Å².